The van der Waals surface area contributed by atoms with E-state index >= 15 is 0 Å². The Morgan fingerprint density at radius 3 is 2.76 bits per heavy atom. The SMILES string of the molecule is Cn1nnc(CC(CN)(CC2CC2)C(=O)O)n1. The summed E-state index contributed by atoms with van der Waals surface area (Å²) in [4.78, 5) is 12.8. The molecule has 0 radical (unpaired) electrons. The molecule has 0 amide bonds. The first-order valence-corrected chi connectivity index (χ1v) is 5.72. The Hall–Kier alpha value is -1.50. The van der Waals surface area contributed by atoms with Crippen LogP contribution < -0.4 is 5.73 Å². The maximum atomic E-state index is 11.5. The summed E-state index contributed by atoms with van der Waals surface area (Å²) in [5.74, 6) is 0.0756. The molecular weight excluding hydrogens is 222 g/mol. The van der Waals surface area contributed by atoms with Gasteiger partial charge in [-0.25, -0.2) is 0 Å². The maximum Gasteiger partial charge on any atom is 0.311 e. The molecule has 0 aliphatic heterocycles. The van der Waals surface area contributed by atoms with Gasteiger partial charge in [0, 0.05) is 13.0 Å². The van der Waals surface area contributed by atoms with Gasteiger partial charge in [-0.15, -0.1) is 10.2 Å². The number of carboxylic acid groups (broad SMARTS) is 1. The molecule has 94 valence electrons. The van der Waals surface area contributed by atoms with E-state index in [1.165, 1.54) is 4.80 Å². The molecule has 0 saturated heterocycles. The van der Waals surface area contributed by atoms with Gasteiger partial charge in [-0.3, -0.25) is 4.79 Å². The fourth-order valence-electron chi connectivity index (χ4n) is 2.05. The standard InChI is InChI=1S/C10H17N5O2/c1-15-13-8(12-14-15)5-10(6-11,9(16)17)4-7-2-3-7/h7H,2-6,11H2,1H3,(H,16,17). The Balaban J connectivity index is 2.16. The van der Waals surface area contributed by atoms with Crippen molar-refractivity contribution in [2.24, 2.45) is 24.1 Å². The molecule has 0 spiro atoms. The molecule has 0 aromatic carbocycles. The summed E-state index contributed by atoms with van der Waals surface area (Å²) in [6.45, 7) is 0.108. The summed E-state index contributed by atoms with van der Waals surface area (Å²) in [7, 11) is 1.66. The van der Waals surface area contributed by atoms with Gasteiger partial charge in [-0.2, -0.15) is 4.80 Å². The number of aromatic nitrogens is 4. The highest BCUT2D eigenvalue weighted by Gasteiger charge is 2.43. The van der Waals surface area contributed by atoms with E-state index in [1.54, 1.807) is 7.05 Å². The van der Waals surface area contributed by atoms with E-state index in [1.807, 2.05) is 0 Å². The summed E-state index contributed by atoms with van der Waals surface area (Å²) in [5, 5.41) is 21.0. The van der Waals surface area contributed by atoms with Crippen molar-refractivity contribution in [3.8, 4) is 0 Å². The number of hydrogen-bond donors (Lipinski definition) is 2. The molecule has 17 heavy (non-hydrogen) atoms. The summed E-state index contributed by atoms with van der Waals surface area (Å²) in [6.07, 6.45) is 3.06. The number of tetrazole rings is 1. The van der Waals surface area contributed by atoms with Crippen molar-refractivity contribution >= 4 is 5.97 Å². The van der Waals surface area contributed by atoms with Gasteiger partial charge in [-0.05, 0) is 17.6 Å². The molecule has 1 aliphatic rings. The van der Waals surface area contributed by atoms with Crippen molar-refractivity contribution in [3.05, 3.63) is 5.82 Å². The monoisotopic (exact) mass is 239 g/mol. The third kappa shape index (κ3) is 2.60. The van der Waals surface area contributed by atoms with E-state index < -0.39 is 11.4 Å². The number of rotatable bonds is 6. The minimum absolute atomic E-state index is 0.108. The second-order valence-corrected chi connectivity index (χ2v) is 4.81. The predicted molar refractivity (Wildman–Crippen MR) is 59.0 cm³/mol. The molecule has 0 bridgehead atoms. The van der Waals surface area contributed by atoms with E-state index in [4.69, 9.17) is 5.73 Å². The Morgan fingerprint density at radius 1 is 1.65 bits per heavy atom. The van der Waals surface area contributed by atoms with Crippen LogP contribution in [0.2, 0.25) is 0 Å². The summed E-state index contributed by atoms with van der Waals surface area (Å²) < 4.78 is 0. The lowest BCUT2D eigenvalue weighted by Gasteiger charge is -2.26. The smallest absolute Gasteiger partial charge is 0.311 e. The lowest BCUT2D eigenvalue weighted by Crippen LogP contribution is -2.41. The van der Waals surface area contributed by atoms with E-state index in [0.717, 1.165) is 12.8 Å². The first kappa shape index (κ1) is 12.0. The Kier molecular flexibility index (Phi) is 3.10. The summed E-state index contributed by atoms with van der Waals surface area (Å²) in [6, 6.07) is 0. The number of carboxylic acids is 1. The average Bonchev–Trinajstić information content (AvgIpc) is 3.00. The van der Waals surface area contributed by atoms with Crippen LogP contribution in [0.1, 0.15) is 25.1 Å². The fraction of sp³-hybridized carbons (Fsp3) is 0.800. The van der Waals surface area contributed by atoms with Crippen LogP contribution in [0.4, 0.5) is 0 Å². The van der Waals surface area contributed by atoms with E-state index in [0.29, 0.717) is 18.2 Å². The molecule has 1 saturated carbocycles. The molecule has 3 N–H and O–H groups in total. The van der Waals surface area contributed by atoms with Crippen molar-refractivity contribution in [2.45, 2.75) is 25.7 Å². The van der Waals surface area contributed by atoms with Crippen molar-refractivity contribution < 1.29 is 9.90 Å². The zero-order valence-electron chi connectivity index (χ0n) is 9.83. The summed E-state index contributed by atoms with van der Waals surface area (Å²) >= 11 is 0. The predicted octanol–water partition coefficient (Wildman–Crippen LogP) is -0.418. The lowest BCUT2D eigenvalue weighted by molar-refractivity contribution is -0.149. The van der Waals surface area contributed by atoms with Crippen LogP contribution >= 0.6 is 0 Å². The highest BCUT2D eigenvalue weighted by Crippen LogP contribution is 2.41. The van der Waals surface area contributed by atoms with Crippen LogP contribution in [-0.4, -0.2) is 37.8 Å². The molecule has 7 heteroatoms. The van der Waals surface area contributed by atoms with E-state index in [-0.39, 0.29) is 13.0 Å². The van der Waals surface area contributed by atoms with Gasteiger partial charge in [0.1, 0.15) is 0 Å². The zero-order valence-corrected chi connectivity index (χ0v) is 9.83. The second-order valence-electron chi connectivity index (χ2n) is 4.81. The topological polar surface area (TPSA) is 107 Å². The minimum atomic E-state index is -0.940. The van der Waals surface area contributed by atoms with Crippen LogP contribution in [0.25, 0.3) is 0 Å². The first-order chi connectivity index (χ1) is 8.05. The molecule has 1 heterocycles. The van der Waals surface area contributed by atoms with Gasteiger partial charge in [0.2, 0.25) is 0 Å². The Labute approximate surface area is 99.0 Å². The van der Waals surface area contributed by atoms with Crippen LogP contribution in [-0.2, 0) is 18.3 Å². The van der Waals surface area contributed by atoms with Crippen molar-refractivity contribution in [2.75, 3.05) is 6.54 Å². The second kappa shape index (κ2) is 4.40. The van der Waals surface area contributed by atoms with Crippen molar-refractivity contribution in [1.82, 2.24) is 20.2 Å². The van der Waals surface area contributed by atoms with Gasteiger partial charge in [0.05, 0.1) is 12.5 Å². The van der Waals surface area contributed by atoms with E-state index in [2.05, 4.69) is 15.4 Å². The molecule has 1 unspecified atom stereocenters. The molecular formula is C10H17N5O2. The minimum Gasteiger partial charge on any atom is -0.481 e. The highest BCUT2D eigenvalue weighted by atomic mass is 16.4. The van der Waals surface area contributed by atoms with Gasteiger partial charge in [0.25, 0.3) is 0 Å². The average molecular weight is 239 g/mol. The van der Waals surface area contributed by atoms with Gasteiger partial charge in [-0.1, -0.05) is 12.8 Å². The number of nitrogens with zero attached hydrogens (tertiary/aromatic N) is 4. The van der Waals surface area contributed by atoms with Crippen LogP contribution in [0.15, 0.2) is 0 Å². The number of aliphatic carboxylic acids is 1. The van der Waals surface area contributed by atoms with Crippen molar-refractivity contribution in [1.29, 1.82) is 0 Å². The summed E-state index contributed by atoms with van der Waals surface area (Å²) in [5.41, 5.74) is 4.74. The lowest BCUT2D eigenvalue weighted by atomic mass is 9.79. The molecule has 1 aromatic heterocycles. The first-order valence-electron chi connectivity index (χ1n) is 5.72. The number of hydrogen-bond acceptors (Lipinski definition) is 5. The van der Waals surface area contributed by atoms with Gasteiger partial charge >= 0.3 is 5.97 Å². The molecule has 1 aromatic rings. The Bertz CT molecular complexity index is 415. The normalized spacial score (nSPS) is 18.9. The molecule has 1 aliphatic carbocycles. The number of nitrogens with two attached hydrogens (primary N) is 1. The number of aryl methyl sites for hydroxylation is 1. The molecule has 2 rings (SSSR count). The van der Waals surface area contributed by atoms with Gasteiger partial charge in [0.15, 0.2) is 5.82 Å². The van der Waals surface area contributed by atoms with Crippen LogP contribution in [0.3, 0.4) is 0 Å². The zero-order chi connectivity index (χ0) is 12.5. The quantitative estimate of drug-likeness (QED) is 0.698. The van der Waals surface area contributed by atoms with Gasteiger partial charge < -0.3 is 10.8 Å². The molecule has 7 nitrogen and oxygen atoms in total. The fourth-order valence-corrected chi connectivity index (χ4v) is 2.05. The molecule has 1 atom stereocenters. The number of carbonyl (C=O) groups is 1. The van der Waals surface area contributed by atoms with Crippen molar-refractivity contribution in [3.63, 3.8) is 0 Å². The third-order valence-electron chi connectivity index (χ3n) is 3.27. The Morgan fingerprint density at radius 2 is 2.35 bits per heavy atom. The van der Waals surface area contributed by atoms with E-state index in [9.17, 15) is 9.90 Å². The largest absolute Gasteiger partial charge is 0.481 e. The molecule has 1 fully saturated rings. The van der Waals surface area contributed by atoms with Crippen LogP contribution in [0.5, 0.6) is 0 Å². The van der Waals surface area contributed by atoms with Crippen LogP contribution in [0, 0.1) is 11.3 Å². The highest BCUT2D eigenvalue weighted by molar-refractivity contribution is 5.75. The maximum absolute atomic E-state index is 11.5. The third-order valence-corrected chi connectivity index (χ3v) is 3.27.